The second-order valence-electron chi connectivity index (χ2n) is 5.56. The highest BCUT2D eigenvalue weighted by atomic mass is 16.5. The van der Waals surface area contributed by atoms with Crippen molar-refractivity contribution in [1.82, 2.24) is 5.32 Å². The van der Waals surface area contributed by atoms with E-state index in [-0.39, 0.29) is 12.1 Å². The lowest BCUT2D eigenvalue weighted by molar-refractivity contribution is 0.144. The van der Waals surface area contributed by atoms with Gasteiger partial charge in [0.1, 0.15) is 5.76 Å². The van der Waals surface area contributed by atoms with Crippen LogP contribution in [0.4, 0.5) is 0 Å². The summed E-state index contributed by atoms with van der Waals surface area (Å²) in [5.74, 6) is 2.11. The number of hydrogen-bond donors (Lipinski definition) is 2. The molecule has 1 aliphatic rings. The van der Waals surface area contributed by atoms with Crippen LogP contribution in [-0.4, -0.2) is 24.9 Å². The van der Waals surface area contributed by atoms with Crippen molar-refractivity contribution in [1.29, 1.82) is 0 Å². The van der Waals surface area contributed by atoms with E-state index in [2.05, 4.69) is 5.32 Å². The summed E-state index contributed by atoms with van der Waals surface area (Å²) in [4.78, 5) is 0. The van der Waals surface area contributed by atoms with Gasteiger partial charge in [0, 0.05) is 11.9 Å². The van der Waals surface area contributed by atoms with E-state index < -0.39 is 0 Å². The minimum Gasteiger partial charge on any atom is -0.493 e. The average Bonchev–Trinajstić information content (AvgIpc) is 3.22. The van der Waals surface area contributed by atoms with Crippen LogP contribution in [0.2, 0.25) is 0 Å². The van der Waals surface area contributed by atoms with Crippen LogP contribution < -0.4 is 10.1 Å². The standard InChI is InChI=1S/C16H21NO3/c1-10(17-9-13(18)11-6-7-11)15-8-12-4-3-5-14(19-2)16(12)20-15/h3-5,8,10-11,13,17-18H,6-7,9H2,1-2H3. The number of ether oxygens (including phenoxy) is 1. The Kier molecular flexibility index (Phi) is 3.68. The zero-order valence-corrected chi connectivity index (χ0v) is 11.9. The van der Waals surface area contributed by atoms with Crippen LogP contribution in [0.25, 0.3) is 11.0 Å². The molecular formula is C16H21NO3. The first-order valence-electron chi connectivity index (χ1n) is 7.17. The van der Waals surface area contributed by atoms with Gasteiger partial charge in [0.25, 0.3) is 0 Å². The number of aliphatic hydroxyl groups is 1. The number of methoxy groups -OCH3 is 1. The van der Waals surface area contributed by atoms with Gasteiger partial charge in [0.05, 0.1) is 19.3 Å². The van der Waals surface area contributed by atoms with Crippen molar-refractivity contribution in [2.24, 2.45) is 5.92 Å². The molecule has 0 radical (unpaired) electrons. The normalized spacial score (nSPS) is 18.1. The number of rotatable bonds is 6. The fourth-order valence-electron chi connectivity index (χ4n) is 2.48. The molecule has 20 heavy (non-hydrogen) atoms. The van der Waals surface area contributed by atoms with Crippen LogP contribution in [0.3, 0.4) is 0 Å². The smallest absolute Gasteiger partial charge is 0.176 e. The fourth-order valence-corrected chi connectivity index (χ4v) is 2.48. The molecule has 2 N–H and O–H groups in total. The lowest BCUT2D eigenvalue weighted by atomic mass is 10.2. The van der Waals surface area contributed by atoms with Gasteiger partial charge in [-0.15, -0.1) is 0 Å². The van der Waals surface area contributed by atoms with E-state index in [1.54, 1.807) is 7.11 Å². The van der Waals surface area contributed by atoms with Gasteiger partial charge in [0.2, 0.25) is 0 Å². The monoisotopic (exact) mass is 275 g/mol. The van der Waals surface area contributed by atoms with Gasteiger partial charge >= 0.3 is 0 Å². The quantitative estimate of drug-likeness (QED) is 0.851. The molecule has 2 atom stereocenters. The predicted molar refractivity (Wildman–Crippen MR) is 77.9 cm³/mol. The molecule has 2 aromatic rings. The van der Waals surface area contributed by atoms with Crippen LogP contribution in [0.1, 0.15) is 31.6 Å². The zero-order chi connectivity index (χ0) is 14.1. The first-order chi connectivity index (χ1) is 9.69. The Morgan fingerprint density at radius 1 is 1.45 bits per heavy atom. The molecule has 0 amide bonds. The van der Waals surface area contributed by atoms with Crippen LogP contribution in [0.5, 0.6) is 5.75 Å². The van der Waals surface area contributed by atoms with Crippen molar-refractivity contribution in [3.05, 3.63) is 30.0 Å². The lowest BCUT2D eigenvalue weighted by Crippen LogP contribution is -2.30. The Bertz CT molecular complexity index is 588. The third-order valence-corrected chi connectivity index (χ3v) is 3.97. The second-order valence-corrected chi connectivity index (χ2v) is 5.56. The molecule has 1 aliphatic carbocycles. The minimum absolute atomic E-state index is 0.0699. The maximum absolute atomic E-state index is 9.89. The third-order valence-electron chi connectivity index (χ3n) is 3.97. The molecule has 4 nitrogen and oxygen atoms in total. The summed E-state index contributed by atoms with van der Waals surface area (Å²) < 4.78 is 11.2. The average molecular weight is 275 g/mol. The highest BCUT2D eigenvalue weighted by Gasteiger charge is 2.29. The molecule has 1 aromatic carbocycles. The van der Waals surface area contributed by atoms with Crippen LogP contribution in [0.15, 0.2) is 28.7 Å². The van der Waals surface area contributed by atoms with Gasteiger partial charge in [-0.1, -0.05) is 12.1 Å². The molecule has 0 bridgehead atoms. The summed E-state index contributed by atoms with van der Waals surface area (Å²) in [6.07, 6.45) is 2.06. The molecular weight excluding hydrogens is 254 g/mol. The van der Waals surface area contributed by atoms with Gasteiger partial charge < -0.3 is 19.6 Å². The Balaban J connectivity index is 1.72. The van der Waals surface area contributed by atoms with Gasteiger partial charge in [-0.3, -0.25) is 0 Å². The van der Waals surface area contributed by atoms with Crippen molar-refractivity contribution >= 4 is 11.0 Å². The van der Waals surface area contributed by atoms with Crippen molar-refractivity contribution in [2.75, 3.05) is 13.7 Å². The fraction of sp³-hybridized carbons (Fsp3) is 0.500. The molecule has 1 fully saturated rings. The Hall–Kier alpha value is -1.52. The van der Waals surface area contributed by atoms with E-state index in [0.717, 1.165) is 35.3 Å². The van der Waals surface area contributed by atoms with Gasteiger partial charge in [0.15, 0.2) is 11.3 Å². The van der Waals surface area contributed by atoms with E-state index in [1.165, 1.54) is 0 Å². The molecule has 1 aromatic heterocycles. The highest BCUT2D eigenvalue weighted by Crippen LogP contribution is 2.33. The van der Waals surface area contributed by atoms with E-state index in [1.807, 2.05) is 31.2 Å². The van der Waals surface area contributed by atoms with E-state index in [4.69, 9.17) is 9.15 Å². The molecule has 1 heterocycles. The summed E-state index contributed by atoms with van der Waals surface area (Å²) in [5, 5.41) is 14.3. The maximum atomic E-state index is 9.89. The van der Waals surface area contributed by atoms with Crippen molar-refractivity contribution in [3.63, 3.8) is 0 Å². The van der Waals surface area contributed by atoms with Crippen LogP contribution >= 0.6 is 0 Å². The van der Waals surface area contributed by atoms with Crippen molar-refractivity contribution in [2.45, 2.75) is 31.9 Å². The molecule has 1 saturated carbocycles. The largest absolute Gasteiger partial charge is 0.493 e. The van der Waals surface area contributed by atoms with Gasteiger partial charge in [-0.25, -0.2) is 0 Å². The van der Waals surface area contributed by atoms with E-state index >= 15 is 0 Å². The molecule has 2 unspecified atom stereocenters. The predicted octanol–water partition coefficient (Wildman–Crippen LogP) is 2.86. The molecule has 108 valence electrons. The Morgan fingerprint density at radius 2 is 2.25 bits per heavy atom. The van der Waals surface area contributed by atoms with Crippen molar-refractivity contribution in [3.8, 4) is 5.75 Å². The Labute approximate surface area is 118 Å². The number of furan rings is 1. The summed E-state index contributed by atoms with van der Waals surface area (Å²) in [6.45, 7) is 2.66. The molecule has 3 rings (SSSR count). The summed E-state index contributed by atoms with van der Waals surface area (Å²) in [6, 6.07) is 7.95. The number of nitrogens with one attached hydrogen (secondary N) is 1. The number of hydrogen-bond acceptors (Lipinski definition) is 4. The van der Waals surface area contributed by atoms with Gasteiger partial charge in [-0.2, -0.15) is 0 Å². The molecule has 0 aliphatic heterocycles. The summed E-state index contributed by atoms with van der Waals surface area (Å²) in [5.41, 5.74) is 0.779. The molecule has 0 saturated heterocycles. The van der Waals surface area contributed by atoms with Crippen LogP contribution in [0, 0.1) is 5.92 Å². The number of fused-ring (bicyclic) bond motifs is 1. The molecule has 4 heteroatoms. The third kappa shape index (κ3) is 2.67. The molecule has 0 spiro atoms. The van der Waals surface area contributed by atoms with E-state index in [0.29, 0.717) is 12.5 Å². The Morgan fingerprint density at radius 3 is 2.95 bits per heavy atom. The topological polar surface area (TPSA) is 54.6 Å². The first kappa shape index (κ1) is 13.5. The number of para-hydroxylation sites is 1. The van der Waals surface area contributed by atoms with Gasteiger partial charge in [-0.05, 0) is 37.8 Å². The minimum atomic E-state index is -0.239. The lowest BCUT2D eigenvalue weighted by Gasteiger charge is -2.14. The zero-order valence-electron chi connectivity index (χ0n) is 11.9. The highest BCUT2D eigenvalue weighted by molar-refractivity contribution is 5.83. The second kappa shape index (κ2) is 5.46. The SMILES string of the molecule is COc1cccc2cc(C(C)NCC(O)C3CC3)oc12. The van der Waals surface area contributed by atoms with Crippen molar-refractivity contribution < 1.29 is 14.3 Å². The van der Waals surface area contributed by atoms with Crippen LogP contribution in [-0.2, 0) is 0 Å². The number of benzene rings is 1. The maximum Gasteiger partial charge on any atom is 0.176 e. The number of aliphatic hydroxyl groups excluding tert-OH is 1. The summed E-state index contributed by atoms with van der Waals surface area (Å²) >= 11 is 0. The van der Waals surface area contributed by atoms with E-state index in [9.17, 15) is 5.11 Å². The first-order valence-corrected chi connectivity index (χ1v) is 7.17. The summed E-state index contributed by atoms with van der Waals surface area (Å²) in [7, 11) is 1.64.